The molecule has 0 bridgehead atoms. The highest BCUT2D eigenvalue weighted by molar-refractivity contribution is 6.17. The van der Waals surface area contributed by atoms with E-state index < -0.39 is 0 Å². The molecule has 0 amide bonds. The van der Waals surface area contributed by atoms with Gasteiger partial charge in [0.25, 0.3) is 0 Å². The van der Waals surface area contributed by atoms with Crippen LogP contribution in [0.4, 0.5) is 5.82 Å². The van der Waals surface area contributed by atoms with E-state index in [1.165, 1.54) is 6.33 Å². The molecule has 0 spiro atoms. The molecular formula is C11H18ClN3O. The van der Waals surface area contributed by atoms with E-state index in [4.69, 9.17) is 16.3 Å². The van der Waals surface area contributed by atoms with Crippen LogP contribution in [0.3, 0.4) is 0 Å². The molecule has 0 atom stereocenters. The van der Waals surface area contributed by atoms with Gasteiger partial charge in [-0.3, -0.25) is 0 Å². The normalized spacial score (nSPS) is 10.2. The van der Waals surface area contributed by atoms with Gasteiger partial charge in [-0.15, -0.1) is 11.6 Å². The van der Waals surface area contributed by atoms with E-state index >= 15 is 0 Å². The Kier molecular flexibility index (Phi) is 5.93. The molecule has 1 rings (SSSR count). The van der Waals surface area contributed by atoms with Crippen molar-refractivity contribution in [2.24, 2.45) is 0 Å². The minimum Gasteiger partial charge on any atom is -0.478 e. The highest BCUT2D eigenvalue weighted by Crippen LogP contribution is 2.15. The summed E-state index contributed by atoms with van der Waals surface area (Å²) in [7, 11) is 0. The van der Waals surface area contributed by atoms with E-state index in [0.717, 1.165) is 25.3 Å². The quantitative estimate of drug-likeness (QED) is 0.689. The Bertz CT molecular complexity index is 309. The first-order valence-electron chi connectivity index (χ1n) is 5.57. The third-order valence-electron chi connectivity index (χ3n) is 2.19. The number of alkyl halides is 1. The van der Waals surface area contributed by atoms with E-state index in [1.54, 1.807) is 0 Å². The van der Waals surface area contributed by atoms with Crippen LogP contribution < -0.4 is 9.64 Å². The van der Waals surface area contributed by atoms with Gasteiger partial charge in [0.15, 0.2) is 0 Å². The minimum atomic E-state index is 0.615. The number of halogens is 1. The Hall–Kier alpha value is -1.03. The van der Waals surface area contributed by atoms with Crippen LogP contribution in [0.5, 0.6) is 5.88 Å². The van der Waals surface area contributed by atoms with Gasteiger partial charge in [0.05, 0.1) is 6.61 Å². The van der Waals surface area contributed by atoms with Crippen LogP contribution in [-0.4, -0.2) is 35.5 Å². The third kappa shape index (κ3) is 3.85. The van der Waals surface area contributed by atoms with Gasteiger partial charge < -0.3 is 9.64 Å². The zero-order chi connectivity index (χ0) is 11.8. The summed E-state index contributed by atoms with van der Waals surface area (Å²) < 4.78 is 5.34. The fraction of sp³-hybridized carbons (Fsp3) is 0.636. The zero-order valence-corrected chi connectivity index (χ0v) is 10.6. The summed E-state index contributed by atoms with van der Waals surface area (Å²) in [5.74, 6) is 2.18. The maximum Gasteiger partial charge on any atom is 0.218 e. The summed E-state index contributed by atoms with van der Waals surface area (Å²) in [4.78, 5) is 10.4. The lowest BCUT2D eigenvalue weighted by molar-refractivity contribution is 0.326. The van der Waals surface area contributed by atoms with Crippen molar-refractivity contribution in [1.29, 1.82) is 0 Å². The molecule has 0 N–H and O–H groups in total. The number of ether oxygens (including phenoxy) is 1. The minimum absolute atomic E-state index is 0.615. The molecule has 1 aromatic rings. The second kappa shape index (κ2) is 7.28. The molecule has 0 saturated heterocycles. The number of rotatable bonds is 7. The second-order valence-corrected chi connectivity index (χ2v) is 3.65. The van der Waals surface area contributed by atoms with Gasteiger partial charge in [-0.05, 0) is 20.3 Å². The maximum absolute atomic E-state index is 5.69. The number of anilines is 1. The molecule has 0 unspecified atom stereocenters. The molecule has 0 aromatic carbocycles. The Balaban J connectivity index is 2.71. The maximum atomic E-state index is 5.69. The smallest absolute Gasteiger partial charge is 0.218 e. The van der Waals surface area contributed by atoms with Gasteiger partial charge in [0.2, 0.25) is 5.88 Å². The SMILES string of the molecule is CCOc1cc(N(CC)CCCCl)ncn1. The summed E-state index contributed by atoms with van der Waals surface area (Å²) >= 11 is 5.69. The zero-order valence-electron chi connectivity index (χ0n) is 9.82. The molecule has 4 nitrogen and oxygen atoms in total. The van der Waals surface area contributed by atoms with Crippen molar-refractivity contribution in [2.45, 2.75) is 20.3 Å². The van der Waals surface area contributed by atoms with Crippen molar-refractivity contribution < 1.29 is 4.74 Å². The van der Waals surface area contributed by atoms with E-state index in [2.05, 4.69) is 21.8 Å². The molecule has 0 fully saturated rings. The summed E-state index contributed by atoms with van der Waals surface area (Å²) in [5, 5.41) is 0. The molecule has 5 heteroatoms. The molecule has 0 saturated carbocycles. The molecule has 0 aliphatic carbocycles. The van der Waals surface area contributed by atoms with E-state index in [9.17, 15) is 0 Å². The van der Waals surface area contributed by atoms with Crippen LogP contribution in [0.2, 0.25) is 0 Å². The molecular weight excluding hydrogens is 226 g/mol. The topological polar surface area (TPSA) is 38.2 Å². The molecule has 90 valence electrons. The fourth-order valence-electron chi connectivity index (χ4n) is 1.41. The molecule has 1 aromatic heterocycles. The molecule has 0 aliphatic heterocycles. The Morgan fingerprint density at radius 3 is 2.81 bits per heavy atom. The van der Waals surface area contributed by atoms with Crippen LogP contribution in [0.25, 0.3) is 0 Å². The Morgan fingerprint density at radius 2 is 2.19 bits per heavy atom. The summed E-state index contributed by atoms with van der Waals surface area (Å²) in [6.07, 6.45) is 2.48. The first-order valence-corrected chi connectivity index (χ1v) is 6.11. The van der Waals surface area contributed by atoms with Crippen LogP contribution in [0.15, 0.2) is 12.4 Å². The van der Waals surface area contributed by atoms with E-state index in [1.807, 2.05) is 13.0 Å². The van der Waals surface area contributed by atoms with Gasteiger partial charge in [-0.25, -0.2) is 9.97 Å². The van der Waals surface area contributed by atoms with Crippen molar-refractivity contribution in [3.63, 3.8) is 0 Å². The van der Waals surface area contributed by atoms with Gasteiger partial charge in [0, 0.05) is 25.0 Å². The van der Waals surface area contributed by atoms with Crippen molar-refractivity contribution in [3.8, 4) is 5.88 Å². The second-order valence-electron chi connectivity index (χ2n) is 3.27. The van der Waals surface area contributed by atoms with Crippen molar-refractivity contribution in [1.82, 2.24) is 9.97 Å². The Morgan fingerprint density at radius 1 is 1.38 bits per heavy atom. The lowest BCUT2D eigenvalue weighted by Crippen LogP contribution is -2.25. The van der Waals surface area contributed by atoms with Crippen LogP contribution in [0, 0.1) is 0 Å². The van der Waals surface area contributed by atoms with Gasteiger partial charge in [-0.1, -0.05) is 0 Å². The summed E-state index contributed by atoms with van der Waals surface area (Å²) in [6.45, 7) is 6.45. The average Bonchev–Trinajstić information content (AvgIpc) is 2.31. The lowest BCUT2D eigenvalue weighted by atomic mass is 10.4. The number of nitrogens with zero attached hydrogens (tertiary/aromatic N) is 3. The highest BCUT2D eigenvalue weighted by atomic mass is 35.5. The van der Waals surface area contributed by atoms with Crippen molar-refractivity contribution >= 4 is 17.4 Å². The average molecular weight is 244 g/mol. The van der Waals surface area contributed by atoms with Gasteiger partial charge >= 0.3 is 0 Å². The van der Waals surface area contributed by atoms with Crippen LogP contribution in [-0.2, 0) is 0 Å². The standard InChI is InChI=1S/C11H18ClN3O/c1-3-15(7-5-6-12)10-8-11(16-4-2)14-9-13-10/h8-9H,3-7H2,1-2H3. The first kappa shape index (κ1) is 13.0. The Labute approximate surface area is 102 Å². The number of aromatic nitrogens is 2. The van der Waals surface area contributed by atoms with Gasteiger partial charge in [0.1, 0.15) is 12.1 Å². The molecule has 0 aliphatic rings. The lowest BCUT2D eigenvalue weighted by Gasteiger charge is -2.21. The van der Waals surface area contributed by atoms with Crippen molar-refractivity contribution in [2.75, 3.05) is 30.5 Å². The first-order chi connectivity index (χ1) is 7.81. The van der Waals surface area contributed by atoms with Crippen LogP contribution in [0.1, 0.15) is 20.3 Å². The van der Waals surface area contributed by atoms with Crippen molar-refractivity contribution in [3.05, 3.63) is 12.4 Å². The van der Waals surface area contributed by atoms with Gasteiger partial charge in [-0.2, -0.15) is 0 Å². The number of hydrogen-bond donors (Lipinski definition) is 0. The summed E-state index contributed by atoms with van der Waals surface area (Å²) in [5.41, 5.74) is 0. The summed E-state index contributed by atoms with van der Waals surface area (Å²) in [6, 6.07) is 1.86. The highest BCUT2D eigenvalue weighted by Gasteiger charge is 2.06. The van der Waals surface area contributed by atoms with Crippen LogP contribution >= 0.6 is 11.6 Å². The number of hydrogen-bond acceptors (Lipinski definition) is 4. The van der Waals surface area contributed by atoms with E-state index in [0.29, 0.717) is 18.4 Å². The molecule has 16 heavy (non-hydrogen) atoms. The monoisotopic (exact) mass is 243 g/mol. The molecule has 0 radical (unpaired) electrons. The predicted molar refractivity (Wildman–Crippen MR) is 66.4 cm³/mol. The largest absolute Gasteiger partial charge is 0.478 e. The fourth-order valence-corrected chi connectivity index (χ4v) is 1.53. The van der Waals surface area contributed by atoms with E-state index in [-0.39, 0.29) is 0 Å². The molecule has 1 heterocycles. The third-order valence-corrected chi connectivity index (χ3v) is 2.45. The predicted octanol–water partition coefficient (Wildman–Crippen LogP) is 2.33.